The third-order valence-corrected chi connectivity index (χ3v) is 6.08. The molecule has 7 heteroatoms. The van der Waals surface area contributed by atoms with Crippen molar-refractivity contribution in [2.24, 2.45) is 0 Å². The normalized spacial score (nSPS) is 12.8. The summed E-state index contributed by atoms with van der Waals surface area (Å²) in [6, 6.07) is 12.7. The highest BCUT2D eigenvalue weighted by Crippen LogP contribution is 2.22. The summed E-state index contributed by atoms with van der Waals surface area (Å²) in [6.45, 7) is 6.06. The second-order valence-electron chi connectivity index (χ2n) is 7.13. The van der Waals surface area contributed by atoms with Gasteiger partial charge in [0.15, 0.2) is 0 Å². The van der Waals surface area contributed by atoms with Gasteiger partial charge in [-0.2, -0.15) is 0 Å². The number of hydrogen-bond donors (Lipinski definition) is 1. The Balaban J connectivity index is 2.19. The molecule has 2 amide bonds. The molecule has 0 saturated heterocycles. The molecule has 2 atom stereocenters. The molecule has 0 aromatic heterocycles. The molecule has 0 saturated carbocycles. The molecule has 0 radical (unpaired) electrons. The highest BCUT2D eigenvalue weighted by Gasteiger charge is 2.29. The molecule has 0 heterocycles. The van der Waals surface area contributed by atoms with Gasteiger partial charge < -0.3 is 10.2 Å². The summed E-state index contributed by atoms with van der Waals surface area (Å²) in [5.41, 5.74) is 0.774. The second kappa shape index (κ2) is 12.0. The Bertz CT molecular complexity index is 830. The lowest BCUT2D eigenvalue weighted by atomic mass is 10.1. The lowest BCUT2D eigenvalue weighted by Gasteiger charge is -2.31. The van der Waals surface area contributed by atoms with Crippen molar-refractivity contribution >= 4 is 35.2 Å². The summed E-state index contributed by atoms with van der Waals surface area (Å²) < 4.78 is 13.3. The first-order valence-corrected chi connectivity index (χ1v) is 11.4. The Morgan fingerprint density at radius 1 is 1.07 bits per heavy atom. The van der Waals surface area contributed by atoms with Crippen LogP contribution in [0, 0.1) is 5.82 Å². The highest BCUT2D eigenvalue weighted by molar-refractivity contribution is 8.00. The molecule has 0 aliphatic rings. The van der Waals surface area contributed by atoms with E-state index in [-0.39, 0.29) is 36.0 Å². The lowest BCUT2D eigenvalue weighted by molar-refractivity contribution is -0.139. The third kappa shape index (κ3) is 7.33. The number of halogens is 2. The molecule has 2 aromatic carbocycles. The predicted octanol–water partition coefficient (Wildman–Crippen LogP) is 5.29. The fourth-order valence-electron chi connectivity index (χ4n) is 2.91. The van der Waals surface area contributed by atoms with E-state index in [1.807, 2.05) is 32.9 Å². The summed E-state index contributed by atoms with van der Waals surface area (Å²) in [6.07, 6.45) is 1.29. The number of thioether (sulfide) groups is 1. The van der Waals surface area contributed by atoms with Crippen LogP contribution < -0.4 is 5.32 Å². The SMILES string of the molecule is CC[C@@H](C)NC(=O)[C@@H](CC)N(Cc1ccc(F)cc1)C(=O)CSc1ccc(Cl)cc1. The van der Waals surface area contributed by atoms with E-state index in [0.717, 1.165) is 16.9 Å². The van der Waals surface area contributed by atoms with Gasteiger partial charge >= 0.3 is 0 Å². The molecule has 0 fully saturated rings. The molecule has 0 unspecified atom stereocenters. The van der Waals surface area contributed by atoms with Gasteiger partial charge in [-0.3, -0.25) is 9.59 Å². The van der Waals surface area contributed by atoms with Crippen molar-refractivity contribution in [1.82, 2.24) is 10.2 Å². The van der Waals surface area contributed by atoms with E-state index in [4.69, 9.17) is 11.6 Å². The van der Waals surface area contributed by atoms with Crippen LogP contribution in [0.1, 0.15) is 39.2 Å². The van der Waals surface area contributed by atoms with Crippen LogP contribution in [0.25, 0.3) is 0 Å². The van der Waals surface area contributed by atoms with E-state index in [1.54, 1.807) is 29.2 Å². The maximum atomic E-state index is 13.3. The number of rotatable bonds is 10. The highest BCUT2D eigenvalue weighted by atomic mass is 35.5. The summed E-state index contributed by atoms with van der Waals surface area (Å²) in [7, 11) is 0. The molecule has 2 aromatic rings. The minimum atomic E-state index is -0.595. The molecule has 0 aliphatic heterocycles. The standard InChI is InChI=1S/C23H28ClFN2O2S/c1-4-16(3)26-23(29)21(5-2)27(14-17-6-10-19(25)11-7-17)22(28)15-30-20-12-8-18(24)9-13-20/h6-13,16,21H,4-5,14-15H2,1-3H3,(H,26,29)/t16-,21-/m1/s1. The van der Waals surface area contributed by atoms with Gasteiger partial charge in [0.25, 0.3) is 0 Å². The molecular formula is C23H28ClFN2O2S. The first kappa shape index (κ1) is 24.2. The zero-order valence-corrected chi connectivity index (χ0v) is 19.1. The Hall–Kier alpha value is -2.05. The van der Waals surface area contributed by atoms with Gasteiger partial charge in [-0.15, -0.1) is 11.8 Å². The number of benzene rings is 2. The molecule has 0 bridgehead atoms. The van der Waals surface area contributed by atoms with Crippen LogP contribution in [-0.4, -0.2) is 34.6 Å². The minimum absolute atomic E-state index is 0.0257. The van der Waals surface area contributed by atoms with Gasteiger partial charge in [-0.05, 0) is 61.7 Å². The van der Waals surface area contributed by atoms with Gasteiger partial charge in [0.2, 0.25) is 11.8 Å². The lowest BCUT2D eigenvalue weighted by Crippen LogP contribution is -2.51. The molecule has 1 N–H and O–H groups in total. The van der Waals surface area contributed by atoms with Gasteiger partial charge in [0, 0.05) is 22.5 Å². The summed E-state index contributed by atoms with van der Waals surface area (Å²) in [4.78, 5) is 28.5. The minimum Gasteiger partial charge on any atom is -0.352 e. The van der Waals surface area contributed by atoms with Crippen LogP contribution in [0.3, 0.4) is 0 Å². The van der Waals surface area contributed by atoms with E-state index in [0.29, 0.717) is 11.4 Å². The number of carbonyl (C=O) groups excluding carboxylic acids is 2. The van der Waals surface area contributed by atoms with Crippen LogP contribution in [0.15, 0.2) is 53.4 Å². The number of hydrogen-bond acceptors (Lipinski definition) is 3. The Labute approximate surface area is 187 Å². The molecule has 4 nitrogen and oxygen atoms in total. The predicted molar refractivity (Wildman–Crippen MR) is 121 cm³/mol. The maximum Gasteiger partial charge on any atom is 0.243 e. The Morgan fingerprint density at radius 3 is 2.27 bits per heavy atom. The van der Waals surface area contributed by atoms with Crippen molar-refractivity contribution < 1.29 is 14.0 Å². The van der Waals surface area contributed by atoms with E-state index >= 15 is 0 Å². The fraction of sp³-hybridized carbons (Fsp3) is 0.391. The van der Waals surface area contributed by atoms with Gasteiger partial charge in [0.1, 0.15) is 11.9 Å². The zero-order valence-electron chi connectivity index (χ0n) is 17.5. The Morgan fingerprint density at radius 2 is 1.70 bits per heavy atom. The first-order valence-electron chi connectivity index (χ1n) is 10.1. The molecule has 2 rings (SSSR count). The number of nitrogens with one attached hydrogen (secondary N) is 1. The molecular weight excluding hydrogens is 423 g/mol. The van der Waals surface area contributed by atoms with Crippen molar-refractivity contribution in [2.45, 2.75) is 57.1 Å². The van der Waals surface area contributed by atoms with Gasteiger partial charge in [0.05, 0.1) is 5.75 Å². The van der Waals surface area contributed by atoms with E-state index in [1.165, 1.54) is 23.9 Å². The third-order valence-electron chi connectivity index (χ3n) is 4.83. The van der Waals surface area contributed by atoms with E-state index in [9.17, 15) is 14.0 Å². The summed E-state index contributed by atoms with van der Waals surface area (Å²) in [5.74, 6) is -0.462. The van der Waals surface area contributed by atoms with Crippen molar-refractivity contribution in [2.75, 3.05) is 5.75 Å². The summed E-state index contributed by atoms with van der Waals surface area (Å²) >= 11 is 7.31. The smallest absolute Gasteiger partial charge is 0.243 e. The average molecular weight is 451 g/mol. The average Bonchev–Trinajstić information content (AvgIpc) is 2.74. The van der Waals surface area contributed by atoms with Crippen molar-refractivity contribution in [3.05, 3.63) is 64.9 Å². The maximum absolute atomic E-state index is 13.3. The van der Waals surface area contributed by atoms with E-state index < -0.39 is 6.04 Å². The number of carbonyl (C=O) groups is 2. The molecule has 30 heavy (non-hydrogen) atoms. The van der Waals surface area contributed by atoms with Crippen LogP contribution in [0.5, 0.6) is 0 Å². The van der Waals surface area contributed by atoms with Gasteiger partial charge in [-0.25, -0.2) is 4.39 Å². The quantitative estimate of drug-likeness (QED) is 0.500. The first-order chi connectivity index (χ1) is 14.3. The molecule has 0 aliphatic carbocycles. The topological polar surface area (TPSA) is 49.4 Å². The summed E-state index contributed by atoms with van der Waals surface area (Å²) in [5, 5.41) is 3.61. The second-order valence-corrected chi connectivity index (χ2v) is 8.62. The largest absolute Gasteiger partial charge is 0.352 e. The Kier molecular flexibility index (Phi) is 9.66. The van der Waals surface area contributed by atoms with Crippen LogP contribution in [-0.2, 0) is 16.1 Å². The van der Waals surface area contributed by atoms with Crippen molar-refractivity contribution in [3.8, 4) is 0 Å². The number of nitrogens with zero attached hydrogens (tertiary/aromatic N) is 1. The fourth-order valence-corrected chi connectivity index (χ4v) is 3.82. The zero-order chi connectivity index (χ0) is 22.1. The van der Waals surface area contributed by atoms with E-state index in [2.05, 4.69) is 5.32 Å². The number of amides is 2. The van der Waals surface area contributed by atoms with Crippen molar-refractivity contribution in [1.29, 1.82) is 0 Å². The van der Waals surface area contributed by atoms with Gasteiger partial charge in [-0.1, -0.05) is 37.6 Å². The van der Waals surface area contributed by atoms with Crippen LogP contribution >= 0.6 is 23.4 Å². The molecule has 0 spiro atoms. The monoisotopic (exact) mass is 450 g/mol. The van der Waals surface area contributed by atoms with Crippen LogP contribution in [0.2, 0.25) is 5.02 Å². The molecule has 162 valence electrons. The van der Waals surface area contributed by atoms with Crippen molar-refractivity contribution in [3.63, 3.8) is 0 Å². The van der Waals surface area contributed by atoms with Crippen LogP contribution in [0.4, 0.5) is 4.39 Å².